The van der Waals surface area contributed by atoms with E-state index < -0.39 is 6.10 Å². The fraction of sp³-hybridized carbons (Fsp3) is 0.154. The molecule has 3 heteroatoms. The third kappa shape index (κ3) is 2.30. The third-order valence-electron chi connectivity index (χ3n) is 2.43. The Balaban J connectivity index is 2.09. The zero-order chi connectivity index (χ0) is 11.4. The van der Waals surface area contributed by atoms with Crippen molar-refractivity contribution < 1.29 is 9.52 Å². The molecule has 1 aromatic heterocycles. The summed E-state index contributed by atoms with van der Waals surface area (Å²) in [6.45, 7) is 0. The summed E-state index contributed by atoms with van der Waals surface area (Å²) >= 11 is 0. The number of nitriles is 1. The van der Waals surface area contributed by atoms with E-state index in [0.29, 0.717) is 12.0 Å². The first-order valence-electron chi connectivity index (χ1n) is 4.99. The number of aliphatic hydroxyl groups is 1. The van der Waals surface area contributed by atoms with Crippen molar-refractivity contribution in [2.45, 2.75) is 12.5 Å². The van der Waals surface area contributed by atoms with Crippen LogP contribution in [0.2, 0.25) is 0 Å². The Morgan fingerprint density at radius 1 is 1.25 bits per heavy atom. The molecule has 0 aliphatic rings. The molecule has 1 atom stereocenters. The molecule has 0 fully saturated rings. The maximum atomic E-state index is 9.93. The van der Waals surface area contributed by atoms with Crippen LogP contribution < -0.4 is 0 Å². The molecular formula is C13H11NO2. The molecule has 0 aliphatic heterocycles. The molecule has 1 heterocycles. The van der Waals surface area contributed by atoms with Crippen molar-refractivity contribution in [3.8, 4) is 6.07 Å². The zero-order valence-electron chi connectivity index (χ0n) is 8.63. The van der Waals surface area contributed by atoms with Crippen molar-refractivity contribution in [3.05, 3.63) is 59.5 Å². The summed E-state index contributed by atoms with van der Waals surface area (Å²) in [7, 11) is 0. The minimum absolute atomic E-state index is 0.516. The van der Waals surface area contributed by atoms with Crippen molar-refractivity contribution in [2.75, 3.05) is 0 Å². The van der Waals surface area contributed by atoms with Crippen LogP contribution in [0.25, 0.3) is 0 Å². The first kappa shape index (κ1) is 10.5. The summed E-state index contributed by atoms with van der Waals surface area (Å²) in [5.74, 6) is 0. The number of hydrogen-bond acceptors (Lipinski definition) is 3. The van der Waals surface area contributed by atoms with E-state index in [9.17, 15) is 5.11 Å². The van der Waals surface area contributed by atoms with Gasteiger partial charge in [0.1, 0.15) is 0 Å². The topological polar surface area (TPSA) is 57.2 Å². The number of nitrogens with zero attached hydrogens (tertiary/aromatic N) is 1. The monoisotopic (exact) mass is 213 g/mol. The van der Waals surface area contributed by atoms with Crippen molar-refractivity contribution in [3.63, 3.8) is 0 Å². The summed E-state index contributed by atoms with van der Waals surface area (Å²) in [5.41, 5.74) is 2.36. The second-order valence-electron chi connectivity index (χ2n) is 3.59. The molecule has 1 aromatic carbocycles. The lowest BCUT2D eigenvalue weighted by Crippen LogP contribution is -2.00. The highest BCUT2D eigenvalue weighted by Gasteiger charge is 2.09. The number of hydrogen-bond donors (Lipinski definition) is 1. The largest absolute Gasteiger partial charge is 0.472 e. The molecule has 0 bridgehead atoms. The van der Waals surface area contributed by atoms with Gasteiger partial charge in [0.05, 0.1) is 30.3 Å². The SMILES string of the molecule is N#Cc1ccc(C(O)Cc2ccoc2)cc1. The lowest BCUT2D eigenvalue weighted by atomic mass is 10.0. The van der Waals surface area contributed by atoms with Gasteiger partial charge in [-0.3, -0.25) is 0 Å². The average molecular weight is 213 g/mol. The van der Waals surface area contributed by atoms with Crippen molar-refractivity contribution in [2.24, 2.45) is 0 Å². The molecule has 80 valence electrons. The van der Waals surface area contributed by atoms with E-state index in [1.165, 1.54) is 0 Å². The van der Waals surface area contributed by atoms with Gasteiger partial charge in [0.15, 0.2) is 0 Å². The van der Waals surface area contributed by atoms with Crippen LogP contribution >= 0.6 is 0 Å². The molecule has 3 nitrogen and oxygen atoms in total. The van der Waals surface area contributed by atoms with E-state index in [4.69, 9.17) is 9.68 Å². The van der Waals surface area contributed by atoms with Crippen LogP contribution in [0.4, 0.5) is 0 Å². The van der Waals surface area contributed by atoms with Gasteiger partial charge in [-0.2, -0.15) is 5.26 Å². The van der Waals surface area contributed by atoms with E-state index in [1.807, 2.05) is 12.1 Å². The highest BCUT2D eigenvalue weighted by atomic mass is 16.3. The number of benzene rings is 1. The molecule has 2 aromatic rings. The first-order valence-corrected chi connectivity index (χ1v) is 4.99. The standard InChI is InChI=1S/C13H11NO2/c14-8-10-1-3-12(4-2-10)13(15)7-11-5-6-16-9-11/h1-6,9,13,15H,7H2. The molecule has 16 heavy (non-hydrogen) atoms. The number of furan rings is 1. The Labute approximate surface area is 93.6 Å². The van der Waals surface area contributed by atoms with Crippen LogP contribution in [0.5, 0.6) is 0 Å². The predicted octanol–water partition coefficient (Wildman–Crippen LogP) is 2.43. The predicted molar refractivity (Wildman–Crippen MR) is 58.5 cm³/mol. The lowest BCUT2D eigenvalue weighted by Gasteiger charge is -2.09. The second-order valence-corrected chi connectivity index (χ2v) is 3.59. The van der Waals surface area contributed by atoms with Crippen molar-refractivity contribution >= 4 is 0 Å². The van der Waals surface area contributed by atoms with Crippen LogP contribution in [0, 0.1) is 11.3 Å². The molecule has 0 saturated carbocycles. The van der Waals surface area contributed by atoms with Gasteiger partial charge in [-0.25, -0.2) is 0 Å². The molecule has 2 rings (SSSR count). The Kier molecular flexibility index (Phi) is 3.04. The fourth-order valence-corrected chi connectivity index (χ4v) is 1.53. The second kappa shape index (κ2) is 4.65. The van der Waals surface area contributed by atoms with E-state index in [-0.39, 0.29) is 0 Å². The molecule has 0 spiro atoms. The highest BCUT2D eigenvalue weighted by molar-refractivity contribution is 5.32. The Morgan fingerprint density at radius 3 is 2.56 bits per heavy atom. The van der Waals surface area contributed by atoms with Gasteiger partial charge in [-0.05, 0) is 29.3 Å². The summed E-state index contributed by atoms with van der Waals surface area (Å²) in [6.07, 6.45) is 3.15. The van der Waals surface area contributed by atoms with E-state index in [2.05, 4.69) is 0 Å². The smallest absolute Gasteiger partial charge is 0.0991 e. The van der Waals surface area contributed by atoms with E-state index in [1.54, 1.807) is 36.8 Å². The highest BCUT2D eigenvalue weighted by Crippen LogP contribution is 2.18. The Hall–Kier alpha value is -2.05. The van der Waals surface area contributed by atoms with Gasteiger partial charge in [-0.15, -0.1) is 0 Å². The molecule has 0 saturated heterocycles. The Bertz CT molecular complexity index is 480. The maximum absolute atomic E-state index is 9.93. The van der Waals surface area contributed by atoms with Crippen LogP contribution in [0.3, 0.4) is 0 Å². The zero-order valence-corrected chi connectivity index (χ0v) is 8.63. The minimum Gasteiger partial charge on any atom is -0.472 e. The lowest BCUT2D eigenvalue weighted by molar-refractivity contribution is 0.178. The van der Waals surface area contributed by atoms with E-state index >= 15 is 0 Å². The quantitative estimate of drug-likeness (QED) is 0.851. The molecule has 0 amide bonds. The van der Waals surface area contributed by atoms with Gasteiger partial charge in [-0.1, -0.05) is 12.1 Å². The Morgan fingerprint density at radius 2 is 2.00 bits per heavy atom. The minimum atomic E-state index is -0.564. The van der Waals surface area contributed by atoms with Crippen LogP contribution in [-0.4, -0.2) is 5.11 Å². The summed E-state index contributed by atoms with van der Waals surface area (Å²) < 4.78 is 4.93. The normalized spacial score (nSPS) is 12.0. The van der Waals surface area contributed by atoms with Crippen LogP contribution in [-0.2, 0) is 6.42 Å². The van der Waals surface area contributed by atoms with Gasteiger partial charge in [0.2, 0.25) is 0 Å². The van der Waals surface area contributed by atoms with Gasteiger partial charge in [0.25, 0.3) is 0 Å². The number of aliphatic hydroxyl groups excluding tert-OH is 1. The summed E-state index contributed by atoms with van der Waals surface area (Å²) in [5, 5.41) is 18.6. The fourth-order valence-electron chi connectivity index (χ4n) is 1.53. The first-order chi connectivity index (χ1) is 7.79. The van der Waals surface area contributed by atoms with Gasteiger partial charge < -0.3 is 9.52 Å². The van der Waals surface area contributed by atoms with Crippen molar-refractivity contribution in [1.82, 2.24) is 0 Å². The van der Waals surface area contributed by atoms with E-state index in [0.717, 1.165) is 11.1 Å². The molecular weight excluding hydrogens is 202 g/mol. The van der Waals surface area contributed by atoms with Gasteiger partial charge >= 0.3 is 0 Å². The maximum Gasteiger partial charge on any atom is 0.0991 e. The summed E-state index contributed by atoms with van der Waals surface area (Å²) in [4.78, 5) is 0. The van der Waals surface area contributed by atoms with Crippen molar-refractivity contribution in [1.29, 1.82) is 5.26 Å². The average Bonchev–Trinajstić information content (AvgIpc) is 2.82. The molecule has 0 radical (unpaired) electrons. The van der Waals surface area contributed by atoms with Crippen LogP contribution in [0.1, 0.15) is 22.8 Å². The summed E-state index contributed by atoms with van der Waals surface area (Å²) in [6, 6.07) is 10.8. The number of rotatable bonds is 3. The molecule has 1 unspecified atom stereocenters. The third-order valence-corrected chi connectivity index (χ3v) is 2.43. The van der Waals surface area contributed by atoms with Crippen LogP contribution in [0.15, 0.2) is 47.3 Å². The molecule has 1 N–H and O–H groups in total. The molecule has 0 aliphatic carbocycles. The van der Waals surface area contributed by atoms with Gasteiger partial charge in [0, 0.05) is 6.42 Å².